The Balaban J connectivity index is 2.94. The van der Waals surface area contributed by atoms with E-state index in [4.69, 9.17) is 5.26 Å². The lowest BCUT2D eigenvalue weighted by Crippen LogP contribution is -1.90. The Hall–Kier alpha value is -0.950. The number of halogens is 3. The topological polar surface area (TPSA) is 23.8 Å². The summed E-state index contributed by atoms with van der Waals surface area (Å²) >= 11 is 2.77. The molecule has 0 atom stereocenters. The van der Waals surface area contributed by atoms with Gasteiger partial charge in [-0.1, -0.05) is 0 Å². The highest BCUT2D eigenvalue weighted by molar-refractivity contribution is 9.10. The molecule has 0 bridgehead atoms. The van der Waals surface area contributed by atoms with Gasteiger partial charge in [0.1, 0.15) is 11.6 Å². The molecule has 0 aliphatic carbocycles. The van der Waals surface area contributed by atoms with Crippen molar-refractivity contribution in [3.8, 4) is 6.07 Å². The first-order valence-electron chi connectivity index (χ1n) is 3.65. The first kappa shape index (κ1) is 10.1. The smallest absolute Gasteiger partial charge is 0.140 e. The van der Waals surface area contributed by atoms with Crippen molar-refractivity contribution in [2.45, 2.75) is 12.8 Å². The minimum Gasteiger partial charge on any atom is -0.206 e. The van der Waals surface area contributed by atoms with E-state index in [-0.39, 0.29) is 10.9 Å². The first-order chi connectivity index (χ1) is 6.15. The van der Waals surface area contributed by atoms with E-state index in [0.717, 1.165) is 0 Å². The van der Waals surface area contributed by atoms with Crippen molar-refractivity contribution >= 4 is 15.9 Å². The van der Waals surface area contributed by atoms with Crippen LogP contribution in [0.25, 0.3) is 0 Å². The van der Waals surface area contributed by atoms with Crippen LogP contribution >= 0.6 is 15.9 Å². The molecule has 0 unspecified atom stereocenters. The van der Waals surface area contributed by atoms with Crippen molar-refractivity contribution in [2.24, 2.45) is 0 Å². The van der Waals surface area contributed by atoms with Crippen LogP contribution in [0.5, 0.6) is 0 Å². The molecular weight excluding hydrogens is 240 g/mol. The molecule has 1 nitrogen and oxygen atoms in total. The van der Waals surface area contributed by atoms with Crippen LogP contribution in [0.15, 0.2) is 16.6 Å². The minimum absolute atomic E-state index is 0.159. The number of nitriles is 1. The summed E-state index contributed by atoms with van der Waals surface area (Å²) in [4.78, 5) is 0. The third-order valence-corrected chi connectivity index (χ3v) is 2.33. The Morgan fingerprint density at radius 2 is 1.85 bits per heavy atom. The standard InChI is InChI=1S/C9H6BrF2N/c10-9-7(11)4-6(2-1-3-13)5-8(9)12/h4-5H,1-2H2. The molecule has 0 radical (unpaired) electrons. The molecule has 1 aromatic carbocycles. The van der Waals surface area contributed by atoms with Crippen LogP contribution in [0.3, 0.4) is 0 Å². The Kier molecular flexibility index (Phi) is 3.38. The second kappa shape index (κ2) is 4.33. The Morgan fingerprint density at radius 1 is 1.31 bits per heavy atom. The second-order valence-corrected chi connectivity index (χ2v) is 3.32. The fraction of sp³-hybridized carbons (Fsp3) is 0.222. The fourth-order valence-electron chi connectivity index (χ4n) is 0.953. The lowest BCUT2D eigenvalue weighted by molar-refractivity contribution is 0.568. The molecule has 0 aromatic heterocycles. The van der Waals surface area contributed by atoms with Gasteiger partial charge in [-0.15, -0.1) is 0 Å². The molecule has 0 fully saturated rings. The molecule has 0 saturated heterocycles. The van der Waals surface area contributed by atoms with Crippen LogP contribution in [-0.2, 0) is 6.42 Å². The Bertz CT molecular complexity index is 334. The Morgan fingerprint density at radius 3 is 2.31 bits per heavy atom. The molecule has 0 saturated carbocycles. The minimum atomic E-state index is -0.632. The molecule has 1 rings (SSSR count). The van der Waals surface area contributed by atoms with E-state index in [1.807, 2.05) is 6.07 Å². The van der Waals surface area contributed by atoms with Crippen molar-refractivity contribution in [3.05, 3.63) is 33.8 Å². The largest absolute Gasteiger partial charge is 0.206 e. The van der Waals surface area contributed by atoms with Crippen LogP contribution in [0.4, 0.5) is 8.78 Å². The summed E-state index contributed by atoms with van der Waals surface area (Å²) in [7, 11) is 0. The first-order valence-corrected chi connectivity index (χ1v) is 4.45. The summed E-state index contributed by atoms with van der Waals surface area (Å²) in [6, 6.07) is 4.37. The van der Waals surface area contributed by atoms with Gasteiger partial charge in [0.05, 0.1) is 10.5 Å². The maximum absolute atomic E-state index is 12.9. The summed E-state index contributed by atoms with van der Waals surface area (Å²) in [6.07, 6.45) is 0.637. The van der Waals surface area contributed by atoms with E-state index in [0.29, 0.717) is 12.0 Å². The summed E-state index contributed by atoms with van der Waals surface area (Å²) in [5, 5.41) is 8.27. The normalized spacial score (nSPS) is 9.69. The fourth-order valence-corrected chi connectivity index (χ4v) is 1.18. The predicted octanol–water partition coefficient (Wildman–Crippen LogP) is 3.18. The van der Waals surface area contributed by atoms with Crippen LogP contribution < -0.4 is 0 Å². The van der Waals surface area contributed by atoms with Gasteiger partial charge in [-0.3, -0.25) is 0 Å². The molecule has 0 aliphatic heterocycles. The van der Waals surface area contributed by atoms with Gasteiger partial charge in [0.2, 0.25) is 0 Å². The van der Waals surface area contributed by atoms with Gasteiger partial charge in [-0.25, -0.2) is 8.78 Å². The van der Waals surface area contributed by atoms with E-state index in [9.17, 15) is 8.78 Å². The number of hydrogen-bond donors (Lipinski definition) is 0. The highest BCUT2D eigenvalue weighted by Crippen LogP contribution is 2.21. The van der Waals surface area contributed by atoms with E-state index in [2.05, 4.69) is 15.9 Å². The zero-order valence-electron chi connectivity index (χ0n) is 6.65. The molecule has 0 spiro atoms. The third kappa shape index (κ3) is 2.49. The number of hydrogen-bond acceptors (Lipinski definition) is 1. The lowest BCUT2D eigenvalue weighted by atomic mass is 10.1. The molecular formula is C9H6BrF2N. The van der Waals surface area contributed by atoms with Crippen molar-refractivity contribution in [3.63, 3.8) is 0 Å². The number of nitrogens with zero attached hydrogens (tertiary/aromatic N) is 1. The number of rotatable bonds is 2. The average Bonchev–Trinajstić information content (AvgIpc) is 2.10. The van der Waals surface area contributed by atoms with Crippen LogP contribution in [0.1, 0.15) is 12.0 Å². The van der Waals surface area contributed by atoms with Crippen molar-refractivity contribution in [2.75, 3.05) is 0 Å². The molecule has 1 aromatic rings. The molecule has 0 aliphatic rings. The maximum atomic E-state index is 12.9. The average molecular weight is 246 g/mol. The van der Waals surface area contributed by atoms with Crippen LogP contribution in [0, 0.1) is 23.0 Å². The molecule has 4 heteroatoms. The van der Waals surface area contributed by atoms with E-state index < -0.39 is 11.6 Å². The highest BCUT2D eigenvalue weighted by Gasteiger charge is 2.07. The van der Waals surface area contributed by atoms with Gasteiger partial charge in [0, 0.05) is 6.42 Å². The van der Waals surface area contributed by atoms with Crippen LogP contribution in [-0.4, -0.2) is 0 Å². The van der Waals surface area contributed by atoms with E-state index >= 15 is 0 Å². The van der Waals surface area contributed by atoms with Gasteiger partial charge in [0.15, 0.2) is 0 Å². The van der Waals surface area contributed by atoms with Gasteiger partial charge in [-0.05, 0) is 40.0 Å². The SMILES string of the molecule is N#CCCc1cc(F)c(Br)c(F)c1. The molecule has 0 heterocycles. The molecule has 13 heavy (non-hydrogen) atoms. The summed E-state index contributed by atoms with van der Waals surface area (Å²) < 4.78 is 25.6. The monoisotopic (exact) mass is 245 g/mol. The quantitative estimate of drug-likeness (QED) is 0.735. The lowest BCUT2D eigenvalue weighted by Gasteiger charge is -2.01. The summed E-state index contributed by atoms with van der Waals surface area (Å²) in [6.45, 7) is 0. The van der Waals surface area contributed by atoms with Crippen molar-refractivity contribution in [1.82, 2.24) is 0 Å². The van der Waals surface area contributed by atoms with Crippen molar-refractivity contribution in [1.29, 1.82) is 5.26 Å². The number of benzene rings is 1. The van der Waals surface area contributed by atoms with Gasteiger partial charge < -0.3 is 0 Å². The molecule has 0 N–H and O–H groups in total. The molecule has 68 valence electrons. The summed E-state index contributed by atoms with van der Waals surface area (Å²) in [5.74, 6) is -1.26. The summed E-state index contributed by atoms with van der Waals surface area (Å²) in [5.41, 5.74) is 0.500. The van der Waals surface area contributed by atoms with Crippen LogP contribution in [0.2, 0.25) is 0 Å². The second-order valence-electron chi connectivity index (χ2n) is 2.53. The van der Waals surface area contributed by atoms with Gasteiger partial charge in [-0.2, -0.15) is 5.26 Å². The predicted molar refractivity (Wildman–Crippen MR) is 48.0 cm³/mol. The zero-order valence-corrected chi connectivity index (χ0v) is 8.24. The zero-order chi connectivity index (χ0) is 9.84. The maximum Gasteiger partial charge on any atom is 0.140 e. The third-order valence-electron chi connectivity index (χ3n) is 1.57. The van der Waals surface area contributed by atoms with E-state index in [1.54, 1.807) is 0 Å². The van der Waals surface area contributed by atoms with Gasteiger partial charge in [0.25, 0.3) is 0 Å². The van der Waals surface area contributed by atoms with Crippen molar-refractivity contribution < 1.29 is 8.78 Å². The Labute approximate surface area is 83.1 Å². The highest BCUT2D eigenvalue weighted by atomic mass is 79.9. The molecule has 0 amide bonds. The van der Waals surface area contributed by atoms with Gasteiger partial charge >= 0.3 is 0 Å². The number of aryl methyl sites for hydroxylation is 1. The van der Waals surface area contributed by atoms with E-state index in [1.165, 1.54) is 12.1 Å².